The van der Waals surface area contributed by atoms with E-state index in [0.29, 0.717) is 0 Å². The Balaban J connectivity index is 0. The van der Waals surface area contributed by atoms with Crippen molar-refractivity contribution in [3.63, 3.8) is 0 Å². The van der Waals surface area contributed by atoms with Crippen LogP contribution in [0, 0.1) is 0 Å². The summed E-state index contributed by atoms with van der Waals surface area (Å²) in [5.74, 6) is 0. The van der Waals surface area contributed by atoms with Gasteiger partial charge in [-0.15, -0.1) is 0 Å². The van der Waals surface area contributed by atoms with Crippen molar-refractivity contribution in [3.05, 3.63) is 35.5 Å². The monoisotopic (exact) mass is 180 g/mol. The van der Waals surface area contributed by atoms with Gasteiger partial charge in [-0.05, 0) is 38.8 Å². The molecule has 0 heterocycles. The SMILES string of the molecule is C=C/C(C)=C(C)\C(C)=C/C.CCC. The maximum absolute atomic E-state index is 3.71. The van der Waals surface area contributed by atoms with Crippen molar-refractivity contribution >= 4 is 0 Å². The van der Waals surface area contributed by atoms with Crippen LogP contribution in [-0.4, -0.2) is 0 Å². The van der Waals surface area contributed by atoms with Gasteiger partial charge in [-0.25, -0.2) is 0 Å². The second-order valence-corrected chi connectivity index (χ2v) is 3.19. The van der Waals surface area contributed by atoms with Crippen LogP contribution in [-0.2, 0) is 0 Å². The van der Waals surface area contributed by atoms with E-state index < -0.39 is 0 Å². The summed E-state index contributed by atoms with van der Waals surface area (Å²) in [5.41, 5.74) is 3.92. The first-order valence-electron chi connectivity index (χ1n) is 4.98. The molecular weight excluding hydrogens is 156 g/mol. The van der Waals surface area contributed by atoms with Gasteiger partial charge in [0.15, 0.2) is 0 Å². The number of hydrogen-bond acceptors (Lipinski definition) is 0. The lowest BCUT2D eigenvalue weighted by Gasteiger charge is -2.02. The highest BCUT2D eigenvalue weighted by Gasteiger charge is 1.92. The fraction of sp³-hybridized carbons (Fsp3) is 0.538. The average Bonchev–Trinajstić information content (AvgIpc) is 2.15. The first-order chi connectivity index (χ1) is 6.04. The zero-order chi connectivity index (χ0) is 10.9. The lowest BCUT2D eigenvalue weighted by Crippen LogP contribution is -1.82. The first kappa shape index (κ1) is 14.7. The molecule has 0 nitrogen and oxygen atoms in total. The molecule has 0 saturated heterocycles. The summed E-state index contributed by atoms with van der Waals surface area (Å²) >= 11 is 0. The summed E-state index contributed by atoms with van der Waals surface area (Å²) in [7, 11) is 0. The summed E-state index contributed by atoms with van der Waals surface area (Å²) < 4.78 is 0. The Morgan fingerprint density at radius 2 is 1.54 bits per heavy atom. The predicted molar refractivity (Wildman–Crippen MR) is 64.0 cm³/mol. The smallest absolute Gasteiger partial charge is 0.0393 e. The van der Waals surface area contributed by atoms with Gasteiger partial charge in [-0.1, -0.05) is 44.6 Å². The second kappa shape index (κ2) is 9.31. The molecule has 0 aliphatic carbocycles. The fourth-order valence-corrected chi connectivity index (χ4v) is 0.681. The lowest BCUT2D eigenvalue weighted by atomic mass is 10.0. The van der Waals surface area contributed by atoms with Crippen LogP contribution in [0.5, 0.6) is 0 Å². The van der Waals surface area contributed by atoms with Gasteiger partial charge < -0.3 is 0 Å². The molecule has 0 spiro atoms. The van der Waals surface area contributed by atoms with Crippen molar-refractivity contribution in [2.75, 3.05) is 0 Å². The van der Waals surface area contributed by atoms with Crippen molar-refractivity contribution < 1.29 is 0 Å². The first-order valence-corrected chi connectivity index (χ1v) is 4.98. The largest absolute Gasteiger partial charge is 0.0988 e. The third kappa shape index (κ3) is 7.58. The summed E-state index contributed by atoms with van der Waals surface area (Å²) in [6.45, 7) is 16.3. The Bertz CT molecular complexity index is 192. The molecule has 0 amide bonds. The zero-order valence-corrected chi connectivity index (χ0v) is 10.1. The third-order valence-electron chi connectivity index (χ3n) is 1.92. The van der Waals surface area contributed by atoms with Crippen LogP contribution in [0.1, 0.15) is 48.0 Å². The molecule has 0 heteroatoms. The van der Waals surface area contributed by atoms with Crippen LogP contribution >= 0.6 is 0 Å². The van der Waals surface area contributed by atoms with E-state index in [-0.39, 0.29) is 0 Å². The van der Waals surface area contributed by atoms with Crippen LogP contribution in [0.3, 0.4) is 0 Å². The number of hydrogen-bond donors (Lipinski definition) is 0. The molecule has 76 valence electrons. The summed E-state index contributed by atoms with van der Waals surface area (Å²) in [4.78, 5) is 0. The third-order valence-corrected chi connectivity index (χ3v) is 1.92. The molecule has 0 fully saturated rings. The van der Waals surface area contributed by atoms with E-state index in [1.54, 1.807) is 0 Å². The Morgan fingerprint density at radius 1 is 1.15 bits per heavy atom. The Labute approximate surface area is 84.1 Å². The fourth-order valence-electron chi connectivity index (χ4n) is 0.681. The molecule has 0 aromatic heterocycles. The topological polar surface area (TPSA) is 0 Å². The number of rotatable bonds is 2. The summed E-state index contributed by atoms with van der Waals surface area (Å²) in [5, 5.41) is 0. The van der Waals surface area contributed by atoms with Gasteiger partial charge >= 0.3 is 0 Å². The Kier molecular flexibility index (Phi) is 10.5. The molecule has 0 aromatic rings. The van der Waals surface area contributed by atoms with Crippen LogP contribution in [0.15, 0.2) is 35.5 Å². The van der Waals surface area contributed by atoms with Crippen LogP contribution in [0.4, 0.5) is 0 Å². The number of allylic oxidation sites excluding steroid dienone is 5. The van der Waals surface area contributed by atoms with Gasteiger partial charge in [-0.3, -0.25) is 0 Å². The normalized spacial score (nSPS) is 12.6. The van der Waals surface area contributed by atoms with Crippen LogP contribution in [0.25, 0.3) is 0 Å². The zero-order valence-electron chi connectivity index (χ0n) is 10.1. The van der Waals surface area contributed by atoms with E-state index in [2.05, 4.69) is 54.2 Å². The van der Waals surface area contributed by atoms with Crippen molar-refractivity contribution in [2.45, 2.75) is 48.0 Å². The molecule has 0 aliphatic heterocycles. The van der Waals surface area contributed by atoms with E-state index in [4.69, 9.17) is 0 Å². The van der Waals surface area contributed by atoms with Gasteiger partial charge in [-0.2, -0.15) is 0 Å². The predicted octanol–water partition coefficient (Wildman–Crippen LogP) is 4.89. The molecule has 13 heavy (non-hydrogen) atoms. The molecule has 0 atom stereocenters. The van der Waals surface area contributed by atoms with Gasteiger partial charge in [0.25, 0.3) is 0 Å². The maximum Gasteiger partial charge on any atom is -0.0393 e. The molecule has 0 bridgehead atoms. The Morgan fingerprint density at radius 3 is 1.77 bits per heavy atom. The van der Waals surface area contributed by atoms with Crippen LogP contribution < -0.4 is 0 Å². The van der Waals surface area contributed by atoms with E-state index in [9.17, 15) is 0 Å². The summed E-state index contributed by atoms with van der Waals surface area (Å²) in [6, 6.07) is 0. The molecule has 0 radical (unpaired) electrons. The highest BCUT2D eigenvalue weighted by atomic mass is 14.0. The lowest BCUT2D eigenvalue weighted by molar-refractivity contribution is 1.09. The maximum atomic E-state index is 3.71. The molecule has 0 N–H and O–H groups in total. The second-order valence-electron chi connectivity index (χ2n) is 3.19. The Hall–Kier alpha value is -0.780. The van der Waals surface area contributed by atoms with Gasteiger partial charge in [0.1, 0.15) is 0 Å². The van der Waals surface area contributed by atoms with Crippen molar-refractivity contribution in [2.24, 2.45) is 0 Å². The van der Waals surface area contributed by atoms with Crippen molar-refractivity contribution in [1.29, 1.82) is 0 Å². The van der Waals surface area contributed by atoms with Gasteiger partial charge in [0, 0.05) is 0 Å². The minimum Gasteiger partial charge on any atom is -0.0988 e. The minimum atomic E-state index is 1.25. The molecular formula is C13H24. The highest BCUT2D eigenvalue weighted by molar-refractivity contribution is 5.35. The van der Waals surface area contributed by atoms with E-state index in [1.165, 1.54) is 23.1 Å². The standard InChI is InChI=1S/C10H16.C3H8/c1-6-8(3)10(5)9(4)7-2;1-3-2/h6-7H,1H2,2-5H3;3H2,1-2H3/b9-7-,10-8-;. The highest BCUT2D eigenvalue weighted by Crippen LogP contribution is 2.13. The average molecular weight is 180 g/mol. The molecule has 0 rings (SSSR count). The van der Waals surface area contributed by atoms with E-state index in [1.807, 2.05) is 6.08 Å². The van der Waals surface area contributed by atoms with Crippen LogP contribution in [0.2, 0.25) is 0 Å². The summed E-state index contributed by atoms with van der Waals surface area (Å²) in [6.07, 6.45) is 5.25. The van der Waals surface area contributed by atoms with Crippen molar-refractivity contribution in [1.82, 2.24) is 0 Å². The molecule has 0 aromatic carbocycles. The molecule has 0 saturated carbocycles. The van der Waals surface area contributed by atoms with Crippen molar-refractivity contribution in [3.8, 4) is 0 Å². The van der Waals surface area contributed by atoms with E-state index >= 15 is 0 Å². The molecule has 0 aliphatic rings. The van der Waals surface area contributed by atoms with Gasteiger partial charge in [0.05, 0.1) is 0 Å². The quantitative estimate of drug-likeness (QED) is 0.531. The van der Waals surface area contributed by atoms with Gasteiger partial charge in [0.2, 0.25) is 0 Å². The minimum absolute atomic E-state index is 1.25. The van der Waals surface area contributed by atoms with E-state index in [0.717, 1.165) is 0 Å². The molecule has 0 unspecified atom stereocenters.